The van der Waals surface area contributed by atoms with Crippen LogP contribution < -0.4 is 0 Å². The highest BCUT2D eigenvalue weighted by atomic mass is 16.5. The molecule has 1 aromatic carbocycles. The van der Waals surface area contributed by atoms with Gasteiger partial charge < -0.3 is 4.74 Å². The normalized spacial score (nSPS) is 20.9. The van der Waals surface area contributed by atoms with Crippen molar-refractivity contribution < 1.29 is 9.53 Å². The number of benzene rings is 1. The van der Waals surface area contributed by atoms with Gasteiger partial charge in [-0.1, -0.05) is 58.0 Å². The summed E-state index contributed by atoms with van der Waals surface area (Å²) in [5, 5.41) is 0. The summed E-state index contributed by atoms with van der Waals surface area (Å²) in [6, 6.07) is 7.21. The minimum absolute atomic E-state index is 0.227. The van der Waals surface area contributed by atoms with Gasteiger partial charge in [0.1, 0.15) is 0 Å². The van der Waals surface area contributed by atoms with Gasteiger partial charge in [-0.05, 0) is 96.6 Å². The van der Waals surface area contributed by atoms with Gasteiger partial charge in [-0.3, -0.25) is 0 Å². The van der Waals surface area contributed by atoms with Crippen molar-refractivity contribution in [1.29, 1.82) is 0 Å². The topological polar surface area (TPSA) is 26.3 Å². The lowest BCUT2D eigenvalue weighted by molar-refractivity contribution is -0.137. The summed E-state index contributed by atoms with van der Waals surface area (Å²) >= 11 is 0. The van der Waals surface area contributed by atoms with Crippen molar-refractivity contribution in [1.82, 2.24) is 0 Å². The van der Waals surface area contributed by atoms with Gasteiger partial charge in [-0.2, -0.15) is 0 Å². The van der Waals surface area contributed by atoms with E-state index in [1.165, 1.54) is 53.5 Å². The van der Waals surface area contributed by atoms with Crippen molar-refractivity contribution >= 4 is 11.5 Å². The molecule has 3 rings (SSSR count). The first-order valence-corrected chi connectivity index (χ1v) is 11.5. The number of carbonyl (C=O) groups excluding carboxylic acids is 1. The Kier molecular flexibility index (Phi) is 6.75. The molecule has 0 fully saturated rings. The molecule has 162 valence electrons. The summed E-state index contributed by atoms with van der Waals surface area (Å²) < 4.78 is 5.02. The lowest BCUT2D eigenvalue weighted by Crippen LogP contribution is -2.33. The Morgan fingerprint density at radius 3 is 2.40 bits per heavy atom. The Labute approximate surface area is 183 Å². The zero-order chi connectivity index (χ0) is 21.9. The van der Waals surface area contributed by atoms with Crippen molar-refractivity contribution in [3.8, 4) is 0 Å². The quantitative estimate of drug-likeness (QED) is 0.289. The average molecular weight is 407 g/mol. The highest BCUT2D eigenvalue weighted by Crippen LogP contribution is 2.47. The summed E-state index contributed by atoms with van der Waals surface area (Å²) in [4.78, 5) is 11.7. The van der Waals surface area contributed by atoms with Gasteiger partial charge in [-0.15, -0.1) is 0 Å². The van der Waals surface area contributed by atoms with E-state index in [4.69, 9.17) is 4.74 Å². The van der Waals surface area contributed by atoms with Crippen molar-refractivity contribution in [2.45, 2.75) is 90.9 Å². The fourth-order valence-electron chi connectivity index (χ4n) is 4.87. The van der Waals surface area contributed by atoms with E-state index >= 15 is 0 Å². The lowest BCUT2D eigenvalue weighted by atomic mass is 9.62. The molecule has 0 amide bonds. The zero-order valence-corrected chi connectivity index (χ0v) is 19.7. The average Bonchev–Trinajstić information content (AvgIpc) is 2.70. The van der Waals surface area contributed by atoms with Gasteiger partial charge in [0.25, 0.3) is 0 Å². The second kappa shape index (κ2) is 8.96. The zero-order valence-electron chi connectivity index (χ0n) is 19.7. The summed E-state index contributed by atoms with van der Waals surface area (Å²) in [7, 11) is 0. The molecule has 0 heterocycles. The Bertz CT molecular complexity index is 893. The van der Waals surface area contributed by atoms with Crippen molar-refractivity contribution in [3.63, 3.8) is 0 Å². The van der Waals surface area contributed by atoms with E-state index in [0.717, 1.165) is 18.4 Å². The molecule has 30 heavy (non-hydrogen) atoms. The molecule has 0 unspecified atom stereocenters. The minimum Gasteiger partial charge on any atom is -0.463 e. The van der Waals surface area contributed by atoms with Gasteiger partial charge in [-0.25, -0.2) is 4.79 Å². The number of fused-ring (bicyclic) bond motifs is 1. The molecule has 2 heteroatoms. The first-order chi connectivity index (χ1) is 14.1. The molecule has 0 aromatic heterocycles. The van der Waals surface area contributed by atoms with E-state index < -0.39 is 0 Å². The molecular formula is C28H38O2. The van der Waals surface area contributed by atoms with Gasteiger partial charge in [0.15, 0.2) is 0 Å². The van der Waals surface area contributed by atoms with E-state index in [2.05, 4.69) is 58.0 Å². The maximum absolute atomic E-state index is 11.7. The number of esters is 1. The number of allylic oxidation sites excluding steroid dienone is 5. The Morgan fingerprint density at radius 1 is 1.03 bits per heavy atom. The van der Waals surface area contributed by atoms with Crippen LogP contribution in [0.1, 0.15) is 96.8 Å². The number of hydrogen-bond donors (Lipinski definition) is 0. The Balaban J connectivity index is 1.97. The van der Waals surface area contributed by atoms with Crippen LogP contribution in [0.2, 0.25) is 0 Å². The van der Waals surface area contributed by atoms with Crippen LogP contribution in [-0.4, -0.2) is 12.6 Å². The number of rotatable bonds is 5. The molecule has 0 saturated heterocycles. The maximum Gasteiger partial charge on any atom is 0.330 e. The molecule has 2 aliphatic rings. The standard InChI is InChI=1S/C28H38O2/c1-7-30-26(29)18-20(2)12-13-21-10-8-9-11-23(21)22-14-15-24-25(19-22)28(5,6)17-16-27(24,3)4/h12-15,18-19H,7-11,16-17H2,1-6H3. The third-order valence-electron chi connectivity index (χ3n) is 6.89. The second-order valence-electron chi connectivity index (χ2n) is 10.2. The van der Waals surface area contributed by atoms with Gasteiger partial charge >= 0.3 is 5.97 Å². The third kappa shape index (κ3) is 4.96. The predicted octanol–water partition coefficient (Wildman–Crippen LogP) is 7.43. The fraction of sp³-hybridized carbons (Fsp3) is 0.536. The van der Waals surface area contributed by atoms with Gasteiger partial charge in [0.05, 0.1) is 6.61 Å². The number of ether oxygens (including phenoxy) is 1. The molecule has 0 N–H and O–H groups in total. The van der Waals surface area contributed by atoms with Crippen LogP contribution in [0, 0.1) is 0 Å². The van der Waals surface area contributed by atoms with E-state index in [9.17, 15) is 4.79 Å². The van der Waals surface area contributed by atoms with Crippen molar-refractivity contribution in [2.24, 2.45) is 0 Å². The summed E-state index contributed by atoms with van der Waals surface area (Å²) in [6.45, 7) is 13.7. The van der Waals surface area contributed by atoms with Crippen LogP contribution in [-0.2, 0) is 20.4 Å². The van der Waals surface area contributed by atoms with E-state index in [1.807, 2.05) is 13.8 Å². The Hall–Kier alpha value is -2.09. The largest absolute Gasteiger partial charge is 0.463 e. The highest BCUT2D eigenvalue weighted by Gasteiger charge is 2.37. The molecule has 0 bridgehead atoms. The van der Waals surface area contributed by atoms with Crippen LogP contribution in [0.3, 0.4) is 0 Å². The summed E-state index contributed by atoms with van der Waals surface area (Å²) in [5.41, 5.74) is 8.71. The fourth-order valence-corrected chi connectivity index (χ4v) is 4.87. The van der Waals surface area contributed by atoms with Crippen molar-refractivity contribution in [2.75, 3.05) is 6.61 Å². The Morgan fingerprint density at radius 2 is 1.70 bits per heavy atom. The predicted molar refractivity (Wildman–Crippen MR) is 127 cm³/mol. The minimum atomic E-state index is -0.267. The maximum atomic E-state index is 11.7. The summed E-state index contributed by atoms with van der Waals surface area (Å²) in [5.74, 6) is -0.267. The van der Waals surface area contributed by atoms with Crippen LogP contribution in [0.25, 0.3) is 5.57 Å². The molecular weight excluding hydrogens is 368 g/mol. The van der Waals surface area contributed by atoms with E-state index in [-0.39, 0.29) is 16.8 Å². The monoisotopic (exact) mass is 406 g/mol. The van der Waals surface area contributed by atoms with E-state index in [1.54, 1.807) is 6.08 Å². The first-order valence-electron chi connectivity index (χ1n) is 11.5. The second-order valence-corrected chi connectivity index (χ2v) is 10.2. The molecule has 0 aliphatic heterocycles. The molecule has 0 atom stereocenters. The van der Waals surface area contributed by atoms with Crippen LogP contribution >= 0.6 is 0 Å². The smallest absolute Gasteiger partial charge is 0.330 e. The van der Waals surface area contributed by atoms with E-state index in [0.29, 0.717) is 6.61 Å². The van der Waals surface area contributed by atoms with Crippen LogP contribution in [0.4, 0.5) is 0 Å². The number of hydrogen-bond acceptors (Lipinski definition) is 2. The third-order valence-corrected chi connectivity index (χ3v) is 6.89. The molecule has 2 aliphatic carbocycles. The van der Waals surface area contributed by atoms with Gasteiger partial charge in [0, 0.05) is 6.08 Å². The van der Waals surface area contributed by atoms with Crippen molar-refractivity contribution in [3.05, 3.63) is 64.3 Å². The lowest BCUT2D eigenvalue weighted by Gasteiger charge is -2.42. The molecule has 0 radical (unpaired) electrons. The van der Waals surface area contributed by atoms with Crippen LogP contribution in [0.5, 0.6) is 0 Å². The van der Waals surface area contributed by atoms with Crippen LogP contribution in [0.15, 0.2) is 47.6 Å². The summed E-state index contributed by atoms with van der Waals surface area (Å²) in [6.07, 6.45) is 13.0. The SMILES string of the molecule is CCOC(=O)C=C(C)C=CC1=C(c2ccc3c(c2)C(C)(C)CCC3(C)C)CCCC1. The molecule has 1 aromatic rings. The first kappa shape index (κ1) is 22.6. The molecule has 0 spiro atoms. The van der Waals surface area contributed by atoms with Gasteiger partial charge in [0.2, 0.25) is 0 Å². The molecule has 2 nitrogen and oxygen atoms in total. The highest BCUT2D eigenvalue weighted by molar-refractivity contribution is 5.83. The number of carbonyl (C=O) groups is 1. The molecule has 0 saturated carbocycles.